The van der Waals surface area contributed by atoms with E-state index in [1.807, 2.05) is 6.92 Å². The van der Waals surface area contributed by atoms with E-state index in [-0.39, 0.29) is 0 Å². The van der Waals surface area contributed by atoms with Crippen molar-refractivity contribution in [2.75, 3.05) is 0 Å². The van der Waals surface area contributed by atoms with Gasteiger partial charge in [-0.05, 0) is 44.2 Å². The van der Waals surface area contributed by atoms with Gasteiger partial charge in [-0.25, -0.2) is 4.98 Å². The van der Waals surface area contributed by atoms with Crippen LogP contribution in [0.2, 0.25) is 0 Å². The summed E-state index contributed by atoms with van der Waals surface area (Å²) in [6, 6.07) is 4.69. The van der Waals surface area contributed by atoms with Crippen molar-refractivity contribution >= 4 is 0 Å². The zero-order valence-electron chi connectivity index (χ0n) is 11.7. The number of rotatable bonds is 5. The summed E-state index contributed by atoms with van der Waals surface area (Å²) in [5.41, 5.74) is 2.29. The Kier molecular flexibility index (Phi) is 4.59. The fraction of sp³-hybridized carbons (Fsp3) is 0.667. The lowest BCUT2D eigenvalue weighted by Gasteiger charge is -2.14. The number of nitrogens with zero attached hydrogens (tertiary/aromatic N) is 1. The third-order valence-corrected chi connectivity index (χ3v) is 3.29. The van der Waals surface area contributed by atoms with Gasteiger partial charge >= 0.3 is 0 Å². The van der Waals surface area contributed by atoms with Crippen LogP contribution in [0.1, 0.15) is 50.8 Å². The molecule has 1 aliphatic rings. The normalized spacial score (nSPS) is 16.4. The molecule has 1 fully saturated rings. The summed E-state index contributed by atoms with van der Waals surface area (Å²) in [5.74, 6) is 0.794. The minimum Gasteiger partial charge on any atom is -0.474 e. The van der Waals surface area contributed by atoms with E-state index < -0.39 is 0 Å². The summed E-state index contributed by atoms with van der Waals surface area (Å²) < 4.78 is 5.96. The average Bonchev–Trinajstić information content (AvgIpc) is 2.78. The molecule has 1 aromatic rings. The van der Waals surface area contributed by atoms with Crippen molar-refractivity contribution in [3.05, 3.63) is 23.4 Å². The highest BCUT2D eigenvalue weighted by molar-refractivity contribution is 5.24. The first-order valence-electron chi connectivity index (χ1n) is 7.01. The number of aryl methyl sites for hydroxylation is 1. The van der Waals surface area contributed by atoms with Gasteiger partial charge in [0.2, 0.25) is 5.88 Å². The highest BCUT2D eigenvalue weighted by Gasteiger charge is 2.17. The Morgan fingerprint density at radius 2 is 2.06 bits per heavy atom. The van der Waals surface area contributed by atoms with E-state index in [1.165, 1.54) is 31.2 Å². The van der Waals surface area contributed by atoms with Crippen molar-refractivity contribution in [3.63, 3.8) is 0 Å². The van der Waals surface area contributed by atoms with E-state index in [1.54, 1.807) is 0 Å². The smallest absolute Gasteiger partial charge is 0.214 e. The zero-order valence-corrected chi connectivity index (χ0v) is 11.7. The summed E-state index contributed by atoms with van der Waals surface area (Å²) in [7, 11) is 0. The lowest BCUT2D eigenvalue weighted by Crippen LogP contribution is -2.22. The third-order valence-electron chi connectivity index (χ3n) is 3.29. The SMILES string of the molecule is Cc1cc(CNC(C)C)cc(OC2CCCC2)n1. The number of hydrogen-bond acceptors (Lipinski definition) is 3. The van der Waals surface area contributed by atoms with Crippen LogP contribution in [0.4, 0.5) is 0 Å². The molecule has 0 spiro atoms. The predicted molar refractivity (Wildman–Crippen MR) is 73.8 cm³/mol. The minimum atomic E-state index is 0.380. The molecule has 0 radical (unpaired) electrons. The molecule has 1 N–H and O–H groups in total. The van der Waals surface area contributed by atoms with Gasteiger partial charge in [0.15, 0.2) is 0 Å². The minimum absolute atomic E-state index is 0.380. The van der Waals surface area contributed by atoms with Crippen molar-refractivity contribution in [1.82, 2.24) is 10.3 Å². The molecular weight excluding hydrogens is 224 g/mol. The molecule has 1 heterocycles. The second-order valence-electron chi connectivity index (χ2n) is 5.51. The quantitative estimate of drug-likeness (QED) is 0.869. The standard InChI is InChI=1S/C15H24N2O/c1-11(2)16-10-13-8-12(3)17-15(9-13)18-14-6-4-5-7-14/h8-9,11,14,16H,4-7,10H2,1-3H3. The molecule has 100 valence electrons. The Labute approximate surface area is 110 Å². The molecule has 0 unspecified atom stereocenters. The number of ether oxygens (including phenoxy) is 1. The van der Waals surface area contributed by atoms with Crippen LogP contribution in [-0.2, 0) is 6.54 Å². The Hall–Kier alpha value is -1.09. The van der Waals surface area contributed by atoms with Crippen molar-refractivity contribution in [3.8, 4) is 5.88 Å². The summed E-state index contributed by atoms with van der Waals surface area (Å²) in [4.78, 5) is 4.47. The summed E-state index contributed by atoms with van der Waals surface area (Å²) in [5, 5.41) is 3.43. The fourth-order valence-electron chi connectivity index (χ4n) is 2.37. The predicted octanol–water partition coefficient (Wildman–Crippen LogP) is 3.21. The number of aromatic nitrogens is 1. The van der Waals surface area contributed by atoms with E-state index in [0.717, 1.165) is 18.1 Å². The van der Waals surface area contributed by atoms with Gasteiger partial charge in [-0.1, -0.05) is 13.8 Å². The number of pyridine rings is 1. The van der Waals surface area contributed by atoms with Gasteiger partial charge in [-0.3, -0.25) is 0 Å². The van der Waals surface area contributed by atoms with E-state index in [2.05, 4.69) is 36.3 Å². The van der Waals surface area contributed by atoms with Gasteiger partial charge in [0.1, 0.15) is 6.10 Å². The first-order valence-corrected chi connectivity index (χ1v) is 7.01. The molecule has 0 aromatic carbocycles. The molecular formula is C15H24N2O. The van der Waals surface area contributed by atoms with E-state index in [4.69, 9.17) is 4.74 Å². The molecule has 3 nitrogen and oxygen atoms in total. The van der Waals surface area contributed by atoms with Crippen LogP contribution < -0.4 is 10.1 Å². The maximum Gasteiger partial charge on any atom is 0.214 e. The molecule has 0 saturated heterocycles. The number of nitrogens with one attached hydrogen (secondary N) is 1. The second kappa shape index (κ2) is 6.19. The molecule has 3 heteroatoms. The monoisotopic (exact) mass is 248 g/mol. The first-order chi connectivity index (χ1) is 8.63. The van der Waals surface area contributed by atoms with E-state index >= 15 is 0 Å². The Morgan fingerprint density at radius 1 is 1.33 bits per heavy atom. The van der Waals surface area contributed by atoms with Crippen molar-refractivity contribution in [1.29, 1.82) is 0 Å². The van der Waals surface area contributed by atoms with Crippen LogP contribution >= 0.6 is 0 Å². The molecule has 0 aliphatic heterocycles. The van der Waals surface area contributed by atoms with Gasteiger partial charge in [-0.15, -0.1) is 0 Å². The maximum atomic E-state index is 5.96. The molecule has 0 bridgehead atoms. The van der Waals surface area contributed by atoms with Crippen LogP contribution in [0.15, 0.2) is 12.1 Å². The Morgan fingerprint density at radius 3 is 2.72 bits per heavy atom. The van der Waals surface area contributed by atoms with Crippen LogP contribution in [0.5, 0.6) is 5.88 Å². The van der Waals surface area contributed by atoms with Crippen LogP contribution in [0.25, 0.3) is 0 Å². The molecule has 18 heavy (non-hydrogen) atoms. The molecule has 1 aliphatic carbocycles. The van der Waals surface area contributed by atoms with Gasteiger partial charge in [-0.2, -0.15) is 0 Å². The molecule has 2 rings (SSSR count). The largest absolute Gasteiger partial charge is 0.474 e. The van der Waals surface area contributed by atoms with Gasteiger partial charge in [0.05, 0.1) is 0 Å². The second-order valence-corrected chi connectivity index (χ2v) is 5.51. The lowest BCUT2D eigenvalue weighted by atomic mass is 10.2. The van der Waals surface area contributed by atoms with E-state index in [0.29, 0.717) is 12.1 Å². The zero-order chi connectivity index (χ0) is 13.0. The highest BCUT2D eigenvalue weighted by atomic mass is 16.5. The molecule has 0 amide bonds. The average molecular weight is 248 g/mol. The fourth-order valence-corrected chi connectivity index (χ4v) is 2.37. The molecule has 0 atom stereocenters. The van der Waals surface area contributed by atoms with Gasteiger partial charge in [0, 0.05) is 24.3 Å². The van der Waals surface area contributed by atoms with Crippen LogP contribution in [0.3, 0.4) is 0 Å². The molecule has 1 saturated carbocycles. The topological polar surface area (TPSA) is 34.1 Å². The third kappa shape index (κ3) is 3.98. The summed E-state index contributed by atoms with van der Waals surface area (Å²) in [6.07, 6.45) is 5.31. The van der Waals surface area contributed by atoms with Crippen LogP contribution in [-0.4, -0.2) is 17.1 Å². The lowest BCUT2D eigenvalue weighted by molar-refractivity contribution is 0.201. The number of hydrogen-bond donors (Lipinski definition) is 1. The van der Waals surface area contributed by atoms with Crippen molar-refractivity contribution in [2.24, 2.45) is 0 Å². The summed E-state index contributed by atoms with van der Waals surface area (Å²) >= 11 is 0. The van der Waals surface area contributed by atoms with Crippen molar-refractivity contribution < 1.29 is 4.74 Å². The Balaban J connectivity index is 2.00. The Bertz CT molecular complexity index is 384. The van der Waals surface area contributed by atoms with Gasteiger partial charge < -0.3 is 10.1 Å². The summed E-state index contributed by atoms with van der Waals surface area (Å²) in [6.45, 7) is 7.22. The van der Waals surface area contributed by atoms with Gasteiger partial charge in [0.25, 0.3) is 0 Å². The molecule has 1 aromatic heterocycles. The first kappa shape index (κ1) is 13.3. The van der Waals surface area contributed by atoms with Crippen molar-refractivity contribution in [2.45, 2.75) is 65.1 Å². The highest BCUT2D eigenvalue weighted by Crippen LogP contribution is 2.23. The van der Waals surface area contributed by atoms with E-state index in [9.17, 15) is 0 Å². The van der Waals surface area contributed by atoms with Crippen LogP contribution in [0, 0.1) is 6.92 Å². The maximum absolute atomic E-state index is 5.96.